The van der Waals surface area contributed by atoms with E-state index in [9.17, 15) is 13.6 Å². The van der Waals surface area contributed by atoms with E-state index >= 15 is 0 Å². The Balaban J connectivity index is 2.25. The van der Waals surface area contributed by atoms with Crippen molar-refractivity contribution in [2.75, 3.05) is 18.0 Å². The summed E-state index contributed by atoms with van der Waals surface area (Å²) in [6, 6.07) is 3.35. The van der Waals surface area contributed by atoms with Gasteiger partial charge in [-0.25, -0.2) is 13.8 Å². The number of fused-ring (bicyclic) bond motifs is 1. The monoisotopic (exact) mass is 322 g/mol. The molecule has 2 aromatic rings. The predicted octanol–water partition coefficient (Wildman–Crippen LogP) is 2.11. The molecule has 2 heterocycles. The molecule has 1 aromatic heterocycles. The Bertz CT molecular complexity index is 829. The third-order valence-corrected chi connectivity index (χ3v) is 4.27. The van der Waals surface area contributed by atoms with Gasteiger partial charge in [0, 0.05) is 26.1 Å². The molecule has 3 rings (SSSR count). The number of aryl methyl sites for hydroxylation is 1. The highest BCUT2D eigenvalue weighted by molar-refractivity contribution is 5.83. The van der Waals surface area contributed by atoms with E-state index in [4.69, 9.17) is 5.73 Å². The van der Waals surface area contributed by atoms with Crippen molar-refractivity contribution in [2.24, 2.45) is 12.8 Å². The summed E-state index contributed by atoms with van der Waals surface area (Å²) in [5, 5.41) is 0.467. The van der Waals surface area contributed by atoms with E-state index in [1.54, 1.807) is 13.1 Å². The van der Waals surface area contributed by atoms with E-state index in [1.165, 1.54) is 9.47 Å². The lowest BCUT2D eigenvalue weighted by Crippen LogP contribution is -2.32. The molecule has 0 radical (unpaired) electrons. The minimum atomic E-state index is -2.75. The van der Waals surface area contributed by atoms with Crippen molar-refractivity contribution in [3.8, 4) is 0 Å². The van der Waals surface area contributed by atoms with Crippen LogP contribution < -0.4 is 16.2 Å². The van der Waals surface area contributed by atoms with Gasteiger partial charge < -0.3 is 10.6 Å². The van der Waals surface area contributed by atoms with E-state index in [2.05, 4.69) is 4.98 Å². The first kappa shape index (κ1) is 15.9. The van der Waals surface area contributed by atoms with E-state index in [1.807, 2.05) is 19.9 Å². The van der Waals surface area contributed by atoms with Gasteiger partial charge in [0.15, 0.2) is 0 Å². The summed E-state index contributed by atoms with van der Waals surface area (Å²) in [4.78, 5) is 18.6. The number of benzene rings is 1. The van der Waals surface area contributed by atoms with Crippen molar-refractivity contribution in [1.82, 2.24) is 9.55 Å². The van der Waals surface area contributed by atoms with Crippen LogP contribution >= 0.6 is 0 Å². The fraction of sp³-hybridized carbons (Fsp3) is 0.500. The summed E-state index contributed by atoms with van der Waals surface area (Å²) in [6.45, 7) is 3.47. The lowest BCUT2D eigenvalue weighted by molar-refractivity contribution is 0.0256. The zero-order valence-corrected chi connectivity index (χ0v) is 13.4. The van der Waals surface area contributed by atoms with Gasteiger partial charge in [0.2, 0.25) is 5.95 Å². The van der Waals surface area contributed by atoms with Gasteiger partial charge in [0.1, 0.15) is 0 Å². The summed E-state index contributed by atoms with van der Waals surface area (Å²) in [5.74, 6) is -2.48. The molecule has 124 valence electrons. The van der Waals surface area contributed by atoms with E-state index < -0.39 is 12.5 Å². The number of hydrogen-bond acceptors (Lipinski definition) is 4. The first-order chi connectivity index (χ1) is 10.7. The van der Waals surface area contributed by atoms with Crippen LogP contribution in [0, 0.1) is 6.92 Å². The number of hydrogen-bond donors (Lipinski definition) is 1. The maximum atomic E-state index is 13.5. The van der Waals surface area contributed by atoms with Crippen molar-refractivity contribution in [2.45, 2.75) is 32.2 Å². The summed E-state index contributed by atoms with van der Waals surface area (Å²) < 4.78 is 28.4. The number of aromatic nitrogens is 2. The molecule has 0 amide bonds. The lowest BCUT2D eigenvalue weighted by atomic mass is 10.0. The quantitative estimate of drug-likeness (QED) is 0.920. The van der Waals surface area contributed by atoms with Crippen molar-refractivity contribution < 1.29 is 8.78 Å². The maximum absolute atomic E-state index is 13.5. The molecular weight excluding hydrogens is 302 g/mol. The first-order valence-corrected chi connectivity index (χ1v) is 7.59. The van der Waals surface area contributed by atoms with Crippen LogP contribution in [-0.2, 0) is 7.05 Å². The summed E-state index contributed by atoms with van der Waals surface area (Å²) >= 11 is 0. The molecule has 5 nitrogen and oxygen atoms in total. The second-order valence-corrected chi connectivity index (χ2v) is 6.34. The predicted molar refractivity (Wildman–Crippen MR) is 86.1 cm³/mol. The molecule has 2 N–H and O–H groups in total. The number of rotatable bonds is 2. The number of alkyl halides is 2. The van der Waals surface area contributed by atoms with E-state index in [0.29, 0.717) is 10.9 Å². The number of halogens is 2. The Morgan fingerprint density at radius 3 is 2.65 bits per heavy atom. The van der Waals surface area contributed by atoms with Gasteiger partial charge in [0.25, 0.3) is 11.5 Å². The van der Waals surface area contributed by atoms with Crippen LogP contribution in [0.15, 0.2) is 16.9 Å². The molecule has 1 saturated heterocycles. The second-order valence-electron chi connectivity index (χ2n) is 6.34. The smallest absolute Gasteiger partial charge is 0.267 e. The van der Waals surface area contributed by atoms with Crippen LogP contribution in [0.5, 0.6) is 0 Å². The molecule has 1 aliphatic heterocycles. The van der Waals surface area contributed by atoms with Crippen LogP contribution in [0.1, 0.15) is 30.5 Å². The van der Waals surface area contributed by atoms with Crippen LogP contribution in [0.4, 0.5) is 14.7 Å². The van der Waals surface area contributed by atoms with Crippen LogP contribution in [0.25, 0.3) is 10.9 Å². The molecule has 23 heavy (non-hydrogen) atoms. The Hall–Kier alpha value is -2.02. The van der Waals surface area contributed by atoms with Crippen LogP contribution in [0.3, 0.4) is 0 Å². The standard InChI is InChI=1S/C16H20F2N4O/c1-9-6-11(10(2)19)13-12(7-9)14(23)21(3)15(20-13)22-5-4-16(17,18)8-22/h6-7,10H,4-5,8,19H2,1-3H3. The molecule has 0 aliphatic carbocycles. The van der Waals surface area contributed by atoms with Crippen LogP contribution in [0.2, 0.25) is 0 Å². The van der Waals surface area contributed by atoms with Gasteiger partial charge in [-0.05, 0) is 31.0 Å². The van der Waals surface area contributed by atoms with Gasteiger partial charge in [-0.3, -0.25) is 9.36 Å². The van der Waals surface area contributed by atoms with Gasteiger partial charge in [0.05, 0.1) is 17.4 Å². The highest BCUT2D eigenvalue weighted by atomic mass is 19.3. The van der Waals surface area contributed by atoms with E-state index in [0.717, 1.165) is 11.1 Å². The van der Waals surface area contributed by atoms with Crippen molar-refractivity contribution in [1.29, 1.82) is 0 Å². The molecular formula is C16H20F2N4O. The lowest BCUT2D eigenvalue weighted by Gasteiger charge is -2.21. The Morgan fingerprint density at radius 2 is 2.09 bits per heavy atom. The van der Waals surface area contributed by atoms with Crippen LogP contribution in [-0.4, -0.2) is 28.6 Å². The average Bonchev–Trinajstić information content (AvgIpc) is 2.82. The molecule has 1 unspecified atom stereocenters. The molecule has 1 aromatic carbocycles. The second kappa shape index (κ2) is 5.26. The minimum absolute atomic E-state index is 0.179. The Kier molecular flexibility index (Phi) is 3.63. The van der Waals surface area contributed by atoms with Gasteiger partial charge >= 0.3 is 0 Å². The summed E-state index contributed by atoms with van der Waals surface area (Å²) in [5.41, 5.74) is 7.93. The fourth-order valence-corrected chi connectivity index (χ4v) is 3.08. The highest BCUT2D eigenvalue weighted by Crippen LogP contribution is 2.31. The Labute approximate surface area is 132 Å². The molecule has 0 saturated carbocycles. The molecule has 0 bridgehead atoms. The zero-order valence-electron chi connectivity index (χ0n) is 13.4. The number of anilines is 1. The SMILES string of the molecule is Cc1cc(C(C)N)c2nc(N3CCC(F)(F)C3)n(C)c(=O)c2c1. The van der Waals surface area contributed by atoms with Crippen molar-refractivity contribution >= 4 is 16.9 Å². The third-order valence-electron chi connectivity index (χ3n) is 4.27. The fourth-order valence-electron chi connectivity index (χ4n) is 3.08. The van der Waals surface area contributed by atoms with Crippen molar-refractivity contribution in [3.63, 3.8) is 0 Å². The molecule has 7 heteroatoms. The third kappa shape index (κ3) is 2.69. The number of nitrogens with zero attached hydrogens (tertiary/aromatic N) is 3. The zero-order chi connectivity index (χ0) is 16.9. The Morgan fingerprint density at radius 1 is 1.39 bits per heavy atom. The largest absolute Gasteiger partial charge is 0.336 e. The highest BCUT2D eigenvalue weighted by Gasteiger charge is 2.39. The van der Waals surface area contributed by atoms with Gasteiger partial charge in [-0.2, -0.15) is 0 Å². The topological polar surface area (TPSA) is 64.2 Å². The molecule has 1 fully saturated rings. The summed E-state index contributed by atoms with van der Waals surface area (Å²) in [7, 11) is 1.56. The molecule has 1 atom stereocenters. The normalized spacial score (nSPS) is 18.6. The minimum Gasteiger partial charge on any atom is -0.336 e. The maximum Gasteiger partial charge on any atom is 0.267 e. The summed E-state index contributed by atoms with van der Waals surface area (Å²) in [6.07, 6.45) is -0.227. The van der Waals surface area contributed by atoms with Crippen molar-refractivity contribution in [3.05, 3.63) is 33.6 Å². The average molecular weight is 322 g/mol. The van der Waals surface area contributed by atoms with E-state index in [-0.39, 0.29) is 30.5 Å². The number of nitrogens with two attached hydrogens (primary N) is 1. The first-order valence-electron chi connectivity index (χ1n) is 7.59. The molecule has 1 aliphatic rings. The van der Waals surface area contributed by atoms with Gasteiger partial charge in [-0.1, -0.05) is 6.07 Å². The van der Waals surface area contributed by atoms with Gasteiger partial charge in [-0.15, -0.1) is 0 Å². The molecule has 0 spiro atoms.